The second kappa shape index (κ2) is 4.19. The Hall–Kier alpha value is -1.16. The third kappa shape index (κ3) is 1.70. The molecule has 1 aromatic carbocycles. The maximum Gasteiger partial charge on any atom is 0.167 e. The zero-order valence-corrected chi connectivity index (χ0v) is 10.2. The molecule has 2 saturated carbocycles. The lowest BCUT2D eigenvalue weighted by Crippen LogP contribution is -2.62. The molecule has 0 aromatic heterocycles. The van der Waals surface area contributed by atoms with E-state index in [4.69, 9.17) is 10.5 Å². The van der Waals surface area contributed by atoms with Gasteiger partial charge in [0.25, 0.3) is 0 Å². The summed E-state index contributed by atoms with van der Waals surface area (Å²) in [4.78, 5) is 0. The van der Waals surface area contributed by atoms with E-state index in [1.165, 1.54) is 25.0 Å². The van der Waals surface area contributed by atoms with E-state index < -0.39 is 11.6 Å². The van der Waals surface area contributed by atoms with Crippen LogP contribution in [0.1, 0.15) is 32.1 Å². The average Bonchev–Trinajstić information content (AvgIpc) is 2.83. The maximum atomic E-state index is 13.5. The van der Waals surface area contributed by atoms with Crippen LogP contribution in [0.5, 0.6) is 5.75 Å². The van der Waals surface area contributed by atoms with E-state index in [1.54, 1.807) is 0 Å². The number of ether oxygens (including phenoxy) is 1. The zero-order valence-electron chi connectivity index (χ0n) is 10.2. The summed E-state index contributed by atoms with van der Waals surface area (Å²) < 4.78 is 32.1. The molecule has 3 rings (SSSR count). The third-order valence-corrected chi connectivity index (χ3v) is 4.55. The molecule has 2 unspecified atom stereocenters. The van der Waals surface area contributed by atoms with Crippen LogP contribution in [0, 0.1) is 17.0 Å². The van der Waals surface area contributed by atoms with E-state index in [1.807, 2.05) is 0 Å². The lowest BCUT2D eigenvalue weighted by atomic mass is 9.61. The van der Waals surface area contributed by atoms with Gasteiger partial charge in [0.2, 0.25) is 0 Å². The Labute approximate surface area is 105 Å². The van der Waals surface area contributed by atoms with Gasteiger partial charge in [-0.25, -0.2) is 8.78 Å². The molecule has 0 bridgehead atoms. The molecule has 2 N–H and O–H groups in total. The van der Waals surface area contributed by atoms with Crippen molar-refractivity contribution in [1.29, 1.82) is 0 Å². The monoisotopic (exact) mass is 253 g/mol. The van der Waals surface area contributed by atoms with E-state index in [9.17, 15) is 8.78 Å². The van der Waals surface area contributed by atoms with E-state index in [2.05, 4.69) is 0 Å². The van der Waals surface area contributed by atoms with Gasteiger partial charge < -0.3 is 10.5 Å². The van der Waals surface area contributed by atoms with Gasteiger partial charge in [-0.05, 0) is 25.0 Å². The van der Waals surface area contributed by atoms with Crippen molar-refractivity contribution in [1.82, 2.24) is 0 Å². The maximum absolute atomic E-state index is 13.5. The first-order valence-corrected chi connectivity index (χ1v) is 6.49. The number of nitrogens with two attached hydrogens (primary N) is 1. The van der Waals surface area contributed by atoms with Crippen molar-refractivity contribution in [2.24, 2.45) is 11.1 Å². The minimum Gasteiger partial charge on any atom is -0.487 e. The Bertz CT molecular complexity index is 457. The number of halogens is 2. The van der Waals surface area contributed by atoms with Gasteiger partial charge in [-0.3, -0.25) is 0 Å². The molecular weight excluding hydrogens is 236 g/mol. The van der Waals surface area contributed by atoms with Gasteiger partial charge in [-0.2, -0.15) is 0 Å². The SMILES string of the molecule is NC1CC(Oc2ccc(F)cc2F)C12CCCC2. The summed E-state index contributed by atoms with van der Waals surface area (Å²) in [5.41, 5.74) is 6.12. The number of benzene rings is 1. The van der Waals surface area contributed by atoms with Crippen molar-refractivity contribution in [3.63, 3.8) is 0 Å². The van der Waals surface area contributed by atoms with E-state index in [-0.39, 0.29) is 23.3 Å². The van der Waals surface area contributed by atoms with Crippen molar-refractivity contribution in [3.8, 4) is 5.75 Å². The van der Waals surface area contributed by atoms with Crippen molar-refractivity contribution in [3.05, 3.63) is 29.8 Å². The summed E-state index contributed by atoms with van der Waals surface area (Å²) in [6.45, 7) is 0. The fraction of sp³-hybridized carbons (Fsp3) is 0.571. The Morgan fingerprint density at radius 1 is 1.22 bits per heavy atom. The van der Waals surface area contributed by atoms with E-state index in [0.717, 1.165) is 25.3 Å². The topological polar surface area (TPSA) is 35.2 Å². The molecule has 0 radical (unpaired) electrons. The first kappa shape index (κ1) is 11.9. The van der Waals surface area contributed by atoms with Crippen LogP contribution in [-0.4, -0.2) is 12.1 Å². The van der Waals surface area contributed by atoms with Crippen LogP contribution in [-0.2, 0) is 0 Å². The van der Waals surface area contributed by atoms with Gasteiger partial charge in [0.05, 0.1) is 0 Å². The van der Waals surface area contributed by atoms with Gasteiger partial charge in [0, 0.05) is 23.9 Å². The lowest BCUT2D eigenvalue weighted by Gasteiger charge is -2.52. The summed E-state index contributed by atoms with van der Waals surface area (Å²) >= 11 is 0. The molecule has 1 spiro atoms. The quantitative estimate of drug-likeness (QED) is 0.879. The number of rotatable bonds is 2. The highest BCUT2D eigenvalue weighted by Gasteiger charge is 2.56. The van der Waals surface area contributed by atoms with Crippen LogP contribution in [0.15, 0.2) is 18.2 Å². The summed E-state index contributed by atoms with van der Waals surface area (Å²) in [5.74, 6) is -1.08. The van der Waals surface area contributed by atoms with Crippen LogP contribution in [0.2, 0.25) is 0 Å². The number of hydrogen-bond donors (Lipinski definition) is 1. The summed E-state index contributed by atoms with van der Waals surface area (Å²) in [5, 5.41) is 0. The van der Waals surface area contributed by atoms with Crippen molar-refractivity contribution in [2.45, 2.75) is 44.2 Å². The first-order chi connectivity index (χ1) is 8.62. The molecule has 0 amide bonds. The van der Waals surface area contributed by atoms with E-state index >= 15 is 0 Å². The fourth-order valence-electron chi connectivity index (χ4n) is 3.39. The van der Waals surface area contributed by atoms with Crippen LogP contribution < -0.4 is 10.5 Å². The highest BCUT2D eigenvalue weighted by molar-refractivity contribution is 5.26. The summed E-state index contributed by atoms with van der Waals surface area (Å²) in [6.07, 6.45) is 5.19. The van der Waals surface area contributed by atoms with Crippen LogP contribution in [0.4, 0.5) is 8.78 Å². The Balaban J connectivity index is 1.77. The fourth-order valence-corrected chi connectivity index (χ4v) is 3.39. The Kier molecular flexibility index (Phi) is 2.77. The molecule has 2 aliphatic rings. The van der Waals surface area contributed by atoms with E-state index in [0.29, 0.717) is 0 Å². The first-order valence-electron chi connectivity index (χ1n) is 6.49. The van der Waals surface area contributed by atoms with Gasteiger partial charge >= 0.3 is 0 Å². The smallest absolute Gasteiger partial charge is 0.167 e. The minimum atomic E-state index is -0.636. The molecule has 2 fully saturated rings. The zero-order chi connectivity index (χ0) is 12.8. The molecule has 4 heteroatoms. The molecule has 18 heavy (non-hydrogen) atoms. The van der Waals surface area contributed by atoms with Gasteiger partial charge in [0.1, 0.15) is 11.9 Å². The van der Waals surface area contributed by atoms with Gasteiger partial charge in [-0.1, -0.05) is 12.8 Å². The average molecular weight is 253 g/mol. The van der Waals surface area contributed by atoms with Crippen molar-refractivity contribution >= 4 is 0 Å². The predicted molar refractivity (Wildman–Crippen MR) is 64.3 cm³/mol. The Morgan fingerprint density at radius 2 is 1.94 bits per heavy atom. The highest BCUT2D eigenvalue weighted by Crippen LogP contribution is 2.53. The second-order valence-electron chi connectivity index (χ2n) is 5.46. The van der Waals surface area contributed by atoms with Gasteiger partial charge in [0.15, 0.2) is 11.6 Å². The molecular formula is C14H17F2NO. The largest absolute Gasteiger partial charge is 0.487 e. The normalized spacial score (nSPS) is 29.3. The number of hydrogen-bond acceptors (Lipinski definition) is 2. The van der Waals surface area contributed by atoms with Crippen molar-refractivity contribution < 1.29 is 13.5 Å². The minimum absolute atomic E-state index is 0.0186. The molecule has 2 nitrogen and oxygen atoms in total. The van der Waals surface area contributed by atoms with Crippen LogP contribution >= 0.6 is 0 Å². The molecule has 1 aromatic rings. The molecule has 2 atom stereocenters. The van der Waals surface area contributed by atoms with Crippen LogP contribution in [0.25, 0.3) is 0 Å². The Morgan fingerprint density at radius 3 is 2.56 bits per heavy atom. The highest BCUT2D eigenvalue weighted by atomic mass is 19.1. The molecule has 0 saturated heterocycles. The summed E-state index contributed by atoms with van der Waals surface area (Å²) in [6, 6.07) is 3.60. The second-order valence-corrected chi connectivity index (χ2v) is 5.46. The third-order valence-electron chi connectivity index (χ3n) is 4.55. The molecule has 0 aliphatic heterocycles. The molecule has 0 heterocycles. The van der Waals surface area contributed by atoms with Crippen LogP contribution in [0.3, 0.4) is 0 Å². The standard InChI is InChI=1S/C14H17F2NO/c15-9-3-4-11(10(16)7-9)18-13-8-12(17)14(13)5-1-2-6-14/h3-4,7,12-13H,1-2,5-6,8,17H2. The molecule has 98 valence electrons. The predicted octanol–water partition coefficient (Wildman–Crippen LogP) is 3.00. The van der Waals surface area contributed by atoms with Crippen molar-refractivity contribution in [2.75, 3.05) is 0 Å². The van der Waals surface area contributed by atoms with Gasteiger partial charge in [-0.15, -0.1) is 0 Å². The molecule has 2 aliphatic carbocycles. The summed E-state index contributed by atoms with van der Waals surface area (Å²) in [7, 11) is 0. The lowest BCUT2D eigenvalue weighted by molar-refractivity contribution is -0.0636.